The molecule has 106 valence electrons. The molecule has 0 aliphatic carbocycles. The van der Waals surface area contributed by atoms with E-state index in [9.17, 15) is 4.79 Å². The summed E-state index contributed by atoms with van der Waals surface area (Å²) in [6, 6.07) is 7.13. The second-order valence-electron chi connectivity index (χ2n) is 5.28. The van der Waals surface area contributed by atoms with E-state index in [2.05, 4.69) is 0 Å². The highest BCUT2D eigenvalue weighted by atomic mass is 35.5. The first-order valence-corrected chi connectivity index (χ1v) is 6.57. The number of hydrogen-bond acceptors (Lipinski definition) is 3. The van der Waals surface area contributed by atoms with Crippen molar-refractivity contribution >= 4 is 17.5 Å². The van der Waals surface area contributed by atoms with Crippen LogP contribution in [0, 0.1) is 0 Å². The van der Waals surface area contributed by atoms with Crippen LogP contribution in [-0.4, -0.2) is 36.5 Å². The second-order valence-corrected chi connectivity index (χ2v) is 5.72. The maximum Gasteiger partial charge on any atom is 0.224 e. The lowest BCUT2D eigenvalue weighted by molar-refractivity contribution is -0.131. The lowest BCUT2D eigenvalue weighted by Gasteiger charge is -2.23. The highest BCUT2D eigenvalue weighted by Crippen LogP contribution is 2.15. The number of likely N-dealkylation sites (N-methyl/N-ethyl adjacent to an activating group) is 1. The van der Waals surface area contributed by atoms with Crippen molar-refractivity contribution in [2.45, 2.75) is 25.8 Å². The second kappa shape index (κ2) is 6.78. The van der Waals surface area contributed by atoms with Crippen LogP contribution in [0.4, 0.5) is 0 Å². The van der Waals surface area contributed by atoms with Gasteiger partial charge in [0, 0.05) is 24.0 Å². The topological polar surface area (TPSA) is 55.6 Å². The molecule has 19 heavy (non-hydrogen) atoms. The maximum absolute atomic E-state index is 11.8. The van der Waals surface area contributed by atoms with Gasteiger partial charge in [0.05, 0.1) is 6.54 Å². The van der Waals surface area contributed by atoms with Crippen molar-refractivity contribution in [3.63, 3.8) is 0 Å². The van der Waals surface area contributed by atoms with Gasteiger partial charge in [-0.25, -0.2) is 0 Å². The number of rotatable bonds is 6. The number of benzene rings is 1. The van der Waals surface area contributed by atoms with Gasteiger partial charge in [0.15, 0.2) is 0 Å². The first kappa shape index (κ1) is 15.8. The highest BCUT2D eigenvalue weighted by molar-refractivity contribution is 6.30. The summed E-state index contributed by atoms with van der Waals surface area (Å²) >= 11 is 5.78. The van der Waals surface area contributed by atoms with E-state index in [1.54, 1.807) is 36.2 Å². The summed E-state index contributed by atoms with van der Waals surface area (Å²) in [5.41, 5.74) is 5.33. The largest absolute Gasteiger partial charge is 0.492 e. The molecule has 4 nitrogen and oxygen atoms in total. The predicted molar refractivity (Wildman–Crippen MR) is 77.5 cm³/mol. The molecule has 1 amide bonds. The Kier molecular flexibility index (Phi) is 5.63. The third-order valence-electron chi connectivity index (χ3n) is 2.54. The Labute approximate surface area is 119 Å². The third-order valence-corrected chi connectivity index (χ3v) is 2.79. The van der Waals surface area contributed by atoms with E-state index in [4.69, 9.17) is 22.1 Å². The fraction of sp³-hybridized carbons (Fsp3) is 0.500. The van der Waals surface area contributed by atoms with Crippen LogP contribution in [-0.2, 0) is 4.79 Å². The summed E-state index contributed by atoms with van der Waals surface area (Å²) in [5, 5.41) is 0.671. The van der Waals surface area contributed by atoms with Gasteiger partial charge >= 0.3 is 0 Å². The Hall–Kier alpha value is -1.26. The number of hydrogen-bond donors (Lipinski definition) is 1. The zero-order valence-corrected chi connectivity index (χ0v) is 12.4. The number of carbonyl (C=O) groups excluding carboxylic acids is 1. The Bertz CT molecular complexity index is 412. The van der Waals surface area contributed by atoms with Crippen molar-refractivity contribution in [2.24, 2.45) is 5.73 Å². The Balaban J connectivity index is 2.32. The SMILES string of the molecule is CN(CCOc1ccc(Cl)cc1)C(=O)CC(C)(C)N. The van der Waals surface area contributed by atoms with Gasteiger partial charge < -0.3 is 15.4 Å². The smallest absolute Gasteiger partial charge is 0.224 e. The van der Waals surface area contributed by atoms with E-state index in [1.807, 2.05) is 13.8 Å². The first-order chi connectivity index (χ1) is 8.78. The number of ether oxygens (including phenoxy) is 1. The van der Waals surface area contributed by atoms with Crippen molar-refractivity contribution in [2.75, 3.05) is 20.2 Å². The van der Waals surface area contributed by atoms with Crippen LogP contribution in [0.25, 0.3) is 0 Å². The Morgan fingerprint density at radius 1 is 1.37 bits per heavy atom. The number of nitrogens with two attached hydrogens (primary N) is 1. The number of halogens is 1. The summed E-state index contributed by atoms with van der Waals surface area (Å²) in [6.07, 6.45) is 0.324. The summed E-state index contributed by atoms with van der Waals surface area (Å²) in [5.74, 6) is 0.761. The van der Waals surface area contributed by atoms with Gasteiger partial charge in [0.1, 0.15) is 12.4 Å². The fourth-order valence-electron chi connectivity index (χ4n) is 1.48. The van der Waals surface area contributed by atoms with Gasteiger partial charge in [-0.1, -0.05) is 11.6 Å². The lowest BCUT2D eigenvalue weighted by atomic mass is 10.0. The molecule has 1 aromatic rings. The average Bonchev–Trinajstić information content (AvgIpc) is 2.29. The number of carbonyl (C=O) groups is 1. The zero-order valence-electron chi connectivity index (χ0n) is 11.6. The first-order valence-electron chi connectivity index (χ1n) is 6.19. The van der Waals surface area contributed by atoms with E-state index in [0.717, 1.165) is 5.75 Å². The summed E-state index contributed by atoms with van der Waals surface area (Å²) < 4.78 is 5.53. The van der Waals surface area contributed by atoms with E-state index in [-0.39, 0.29) is 5.91 Å². The molecule has 1 rings (SSSR count). The molecule has 0 aliphatic heterocycles. The lowest BCUT2D eigenvalue weighted by Crippen LogP contribution is -2.40. The highest BCUT2D eigenvalue weighted by Gasteiger charge is 2.19. The average molecular weight is 285 g/mol. The monoisotopic (exact) mass is 284 g/mol. The van der Waals surface area contributed by atoms with Gasteiger partial charge in [-0.2, -0.15) is 0 Å². The summed E-state index contributed by atoms with van der Waals surface area (Å²) in [6.45, 7) is 4.64. The van der Waals surface area contributed by atoms with Crippen molar-refractivity contribution in [1.82, 2.24) is 4.90 Å². The van der Waals surface area contributed by atoms with Crippen LogP contribution in [0.15, 0.2) is 24.3 Å². The molecule has 0 bridgehead atoms. The molecule has 0 fully saturated rings. The molecule has 0 saturated heterocycles. The minimum absolute atomic E-state index is 0.0206. The minimum atomic E-state index is -0.484. The van der Waals surface area contributed by atoms with E-state index < -0.39 is 5.54 Å². The molecule has 0 saturated carbocycles. The normalized spacial score (nSPS) is 11.2. The quantitative estimate of drug-likeness (QED) is 0.872. The number of amides is 1. The summed E-state index contributed by atoms with van der Waals surface area (Å²) in [7, 11) is 1.75. The molecule has 2 N–H and O–H groups in total. The van der Waals surface area contributed by atoms with Crippen LogP contribution >= 0.6 is 11.6 Å². The van der Waals surface area contributed by atoms with Gasteiger partial charge in [-0.15, -0.1) is 0 Å². The van der Waals surface area contributed by atoms with Crippen molar-refractivity contribution in [3.8, 4) is 5.75 Å². The standard InChI is InChI=1S/C14H21ClN2O2/c1-14(2,16)10-13(18)17(3)8-9-19-12-6-4-11(15)5-7-12/h4-7H,8-10,16H2,1-3H3. The molecule has 0 unspecified atom stereocenters. The Morgan fingerprint density at radius 2 is 1.95 bits per heavy atom. The predicted octanol–water partition coefficient (Wildman–Crippen LogP) is 2.30. The molecular weight excluding hydrogens is 264 g/mol. The molecule has 0 heterocycles. The van der Waals surface area contributed by atoms with Crippen molar-refractivity contribution in [1.29, 1.82) is 0 Å². The van der Waals surface area contributed by atoms with Gasteiger partial charge in [0.25, 0.3) is 0 Å². The minimum Gasteiger partial charge on any atom is -0.492 e. The van der Waals surface area contributed by atoms with Crippen LogP contribution in [0.3, 0.4) is 0 Å². The molecule has 0 spiro atoms. The van der Waals surface area contributed by atoms with E-state index >= 15 is 0 Å². The van der Waals surface area contributed by atoms with Gasteiger partial charge in [-0.05, 0) is 38.1 Å². The van der Waals surface area contributed by atoms with Gasteiger partial charge in [-0.3, -0.25) is 4.79 Å². The van der Waals surface area contributed by atoms with Crippen LogP contribution < -0.4 is 10.5 Å². The molecular formula is C14H21ClN2O2. The van der Waals surface area contributed by atoms with E-state index in [0.29, 0.717) is 24.6 Å². The Morgan fingerprint density at radius 3 is 2.47 bits per heavy atom. The molecule has 0 aromatic heterocycles. The molecule has 0 radical (unpaired) electrons. The van der Waals surface area contributed by atoms with Crippen molar-refractivity contribution < 1.29 is 9.53 Å². The van der Waals surface area contributed by atoms with E-state index in [1.165, 1.54) is 0 Å². The summed E-state index contributed by atoms with van der Waals surface area (Å²) in [4.78, 5) is 13.4. The zero-order chi connectivity index (χ0) is 14.5. The van der Waals surface area contributed by atoms with Crippen LogP contribution in [0.5, 0.6) is 5.75 Å². The number of nitrogens with zero attached hydrogens (tertiary/aromatic N) is 1. The maximum atomic E-state index is 11.8. The molecule has 5 heteroatoms. The van der Waals surface area contributed by atoms with Crippen LogP contribution in [0.1, 0.15) is 20.3 Å². The molecule has 0 aliphatic rings. The van der Waals surface area contributed by atoms with Gasteiger partial charge in [0.2, 0.25) is 5.91 Å². The molecule has 0 atom stereocenters. The van der Waals surface area contributed by atoms with Crippen molar-refractivity contribution in [3.05, 3.63) is 29.3 Å². The third kappa shape index (κ3) is 6.45. The van der Waals surface area contributed by atoms with Crippen LogP contribution in [0.2, 0.25) is 5.02 Å². The fourth-order valence-corrected chi connectivity index (χ4v) is 1.61. The molecule has 1 aromatic carbocycles.